The van der Waals surface area contributed by atoms with Crippen molar-refractivity contribution in [2.24, 2.45) is 0 Å². The number of amides is 1. The molecule has 9 heteroatoms. The lowest BCUT2D eigenvalue weighted by Gasteiger charge is -2.33. The van der Waals surface area contributed by atoms with Gasteiger partial charge in [-0.05, 0) is 70.1 Å². The first kappa shape index (κ1) is 23.8. The van der Waals surface area contributed by atoms with Crippen LogP contribution in [0.1, 0.15) is 55.3 Å². The number of nitrogens with one attached hydrogen (secondary N) is 1. The molecule has 1 atom stereocenters. The fourth-order valence-corrected chi connectivity index (χ4v) is 5.29. The molecule has 1 aliphatic rings. The summed E-state index contributed by atoms with van der Waals surface area (Å²) in [5.41, 5.74) is 0.136. The Morgan fingerprint density at radius 1 is 1.23 bits per heavy atom. The number of carbonyl (C=O) groups excluding carboxylic acids is 1. The van der Waals surface area contributed by atoms with Gasteiger partial charge in [-0.2, -0.15) is 4.31 Å². The molecule has 1 aliphatic heterocycles. The van der Waals surface area contributed by atoms with Crippen LogP contribution in [0.4, 0.5) is 0 Å². The van der Waals surface area contributed by atoms with E-state index in [2.05, 4.69) is 10.2 Å². The number of piperidine rings is 1. The summed E-state index contributed by atoms with van der Waals surface area (Å²) >= 11 is 6.25. The molecule has 1 amide bonds. The molecule has 0 aliphatic carbocycles. The molecule has 0 spiro atoms. The quantitative estimate of drug-likeness (QED) is 0.636. The fourth-order valence-electron chi connectivity index (χ4n) is 3.69. The van der Waals surface area contributed by atoms with Crippen LogP contribution in [0.15, 0.2) is 45.9 Å². The summed E-state index contributed by atoms with van der Waals surface area (Å²) < 4.78 is 32.5. The van der Waals surface area contributed by atoms with Gasteiger partial charge in [0.25, 0.3) is 5.91 Å². The second-order valence-corrected chi connectivity index (χ2v) is 10.5. The molecular formula is C22H30ClN3O4S. The van der Waals surface area contributed by atoms with E-state index in [1.165, 1.54) is 36.0 Å². The Labute approximate surface area is 189 Å². The molecule has 170 valence electrons. The SMILES string of the molecule is CC(C)N(C)S(=O)(=O)c1ccc(Cl)c(C(=O)NCC(c2ccco2)N2CCCCC2)c1. The molecule has 1 aromatic heterocycles. The first-order chi connectivity index (χ1) is 14.7. The van der Waals surface area contributed by atoms with Gasteiger partial charge in [0.05, 0.1) is 27.8 Å². The number of hydrogen-bond donors (Lipinski definition) is 1. The molecule has 0 radical (unpaired) electrons. The average molecular weight is 468 g/mol. The topological polar surface area (TPSA) is 82.9 Å². The van der Waals surface area contributed by atoms with Crippen molar-refractivity contribution in [1.29, 1.82) is 0 Å². The molecule has 2 aromatic rings. The molecule has 3 rings (SSSR count). The molecule has 1 saturated heterocycles. The Hall–Kier alpha value is -1.87. The highest BCUT2D eigenvalue weighted by Gasteiger charge is 2.27. The van der Waals surface area contributed by atoms with E-state index < -0.39 is 15.9 Å². The highest BCUT2D eigenvalue weighted by Crippen LogP contribution is 2.26. The number of carbonyl (C=O) groups is 1. The third-order valence-electron chi connectivity index (χ3n) is 5.75. The van der Waals surface area contributed by atoms with E-state index in [0.29, 0.717) is 6.54 Å². The van der Waals surface area contributed by atoms with Gasteiger partial charge in [-0.1, -0.05) is 18.0 Å². The molecule has 7 nitrogen and oxygen atoms in total. The van der Waals surface area contributed by atoms with Crippen LogP contribution in [0.3, 0.4) is 0 Å². The van der Waals surface area contributed by atoms with E-state index in [1.54, 1.807) is 20.1 Å². The molecule has 31 heavy (non-hydrogen) atoms. The van der Waals surface area contributed by atoms with Gasteiger partial charge in [0.2, 0.25) is 10.0 Å². The number of likely N-dealkylation sites (tertiary alicyclic amines) is 1. The zero-order chi connectivity index (χ0) is 22.6. The first-order valence-electron chi connectivity index (χ1n) is 10.5. The lowest BCUT2D eigenvalue weighted by molar-refractivity contribution is 0.0914. The van der Waals surface area contributed by atoms with E-state index in [9.17, 15) is 13.2 Å². The van der Waals surface area contributed by atoms with Crippen LogP contribution in [0.5, 0.6) is 0 Å². The Morgan fingerprint density at radius 3 is 2.55 bits per heavy atom. The van der Waals surface area contributed by atoms with Crippen molar-refractivity contribution in [2.75, 3.05) is 26.7 Å². The molecule has 1 N–H and O–H groups in total. The van der Waals surface area contributed by atoms with Gasteiger partial charge < -0.3 is 9.73 Å². The van der Waals surface area contributed by atoms with E-state index in [4.69, 9.17) is 16.0 Å². The highest BCUT2D eigenvalue weighted by atomic mass is 35.5. The molecule has 1 fully saturated rings. The number of benzene rings is 1. The van der Waals surface area contributed by atoms with Gasteiger partial charge in [-0.15, -0.1) is 0 Å². The van der Waals surface area contributed by atoms with Gasteiger partial charge in [-0.3, -0.25) is 9.69 Å². The van der Waals surface area contributed by atoms with E-state index in [1.807, 2.05) is 12.1 Å². The van der Waals surface area contributed by atoms with Gasteiger partial charge in [0.1, 0.15) is 5.76 Å². The number of rotatable bonds is 8. The van der Waals surface area contributed by atoms with Crippen molar-refractivity contribution < 1.29 is 17.6 Å². The smallest absolute Gasteiger partial charge is 0.252 e. The maximum absolute atomic E-state index is 13.0. The zero-order valence-corrected chi connectivity index (χ0v) is 19.7. The lowest BCUT2D eigenvalue weighted by atomic mass is 10.1. The summed E-state index contributed by atoms with van der Waals surface area (Å²) in [7, 11) is -2.21. The maximum atomic E-state index is 13.0. The minimum atomic E-state index is -3.72. The Kier molecular flexibility index (Phi) is 7.80. The summed E-state index contributed by atoms with van der Waals surface area (Å²) in [4.78, 5) is 15.3. The third-order valence-corrected chi connectivity index (χ3v) is 8.10. The number of sulfonamides is 1. The minimum absolute atomic E-state index is 0.0388. The maximum Gasteiger partial charge on any atom is 0.252 e. The van der Waals surface area contributed by atoms with Crippen LogP contribution in [-0.2, 0) is 10.0 Å². The zero-order valence-electron chi connectivity index (χ0n) is 18.2. The summed E-state index contributed by atoms with van der Waals surface area (Å²) in [6, 6.07) is 7.67. The van der Waals surface area contributed by atoms with E-state index >= 15 is 0 Å². The van der Waals surface area contributed by atoms with Crippen LogP contribution < -0.4 is 5.32 Å². The largest absolute Gasteiger partial charge is 0.468 e. The second kappa shape index (κ2) is 10.2. The van der Waals surface area contributed by atoms with Crippen molar-refractivity contribution >= 4 is 27.5 Å². The van der Waals surface area contributed by atoms with Crippen LogP contribution in [-0.4, -0.2) is 56.3 Å². The van der Waals surface area contributed by atoms with E-state index in [0.717, 1.165) is 31.7 Å². The van der Waals surface area contributed by atoms with E-state index in [-0.39, 0.29) is 27.6 Å². The Bertz CT molecular complexity index is 986. The number of furan rings is 1. The van der Waals surface area contributed by atoms with Gasteiger partial charge in [0.15, 0.2) is 0 Å². The van der Waals surface area contributed by atoms with Crippen LogP contribution in [0.25, 0.3) is 0 Å². The normalized spacial score (nSPS) is 16.6. The first-order valence-corrected chi connectivity index (χ1v) is 12.4. The Morgan fingerprint density at radius 2 is 1.94 bits per heavy atom. The summed E-state index contributed by atoms with van der Waals surface area (Å²) in [5.74, 6) is 0.381. The number of halogens is 1. The minimum Gasteiger partial charge on any atom is -0.468 e. The highest BCUT2D eigenvalue weighted by molar-refractivity contribution is 7.89. The van der Waals surface area contributed by atoms with Crippen molar-refractivity contribution in [3.63, 3.8) is 0 Å². The molecule has 1 aromatic carbocycles. The molecule has 0 saturated carbocycles. The number of nitrogens with zero attached hydrogens (tertiary/aromatic N) is 2. The van der Waals surface area contributed by atoms with Crippen LogP contribution >= 0.6 is 11.6 Å². The lowest BCUT2D eigenvalue weighted by Crippen LogP contribution is -2.40. The molecule has 0 bridgehead atoms. The predicted octanol–water partition coefficient (Wildman–Crippen LogP) is 3.92. The predicted molar refractivity (Wildman–Crippen MR) is 121 cm³/mol. The fraction of sp³-hybridized carbons (Fsp3) is 0.500. The summed E-state index contributed by atoms with van der Waals surface area (Å²) in [5, 5.41) is 3.13. The van der Waals surface area contributed by atoms with Gasteiger partial charge in [0, 0.05) is 19.6 Å². The summed E-state index contributed by atoms with van der Waals surface area (Å²) in [6.07, 6.45) is 5.06. The average Bonchev–Trinajstić information content (AvgIpc) is 3.28. The monoisotopic (exact) mass is 467 g/mol. The molecule has 2 heterocycles. The van der Waals surface area contributed by atoms with Crippen molar-refractivity contribution in [1.82, 2.24) is 14.5 Å². The molecular weight excluding hydrogens is 438 g/mol. The van der Waals surface area contributed by atoms with Crippen molar-refractivity contribution in [2.45, 2.75) is 50.1 Å². The molecule has 1 unspecified atom stereocenters. The van der Waals surface area contributed by atoms with Gasteiger partial charge in [-0.25, -0.2) is 8.42 Å². The second-order valence-electron chi connectivity index (χ2n) is 8.09. The van der Waals surface area contributed by atoms with Gasteiger partial charge >= 0.3 is 0 Å². The van der Waals surface area contributed by atoms with Crippen molar-refractivity contribution in [3.05, 3.63) is 52.9 Å². The van der Waals surface area contributed by atoms with Crippen LogP contribution in [0.2, 0.25) is 5.02 Å². The number of hydrogen-bond acceptors (Lipinski definition) is 5. The third kappa shape index (κ3) is 5.49. The van der Waals surface area contributed by atoms with Crippen molar-refractivity contribution in [3.8, 4) is 0 Å². The van der Waals surface area contributed by atoms with Crippen LogP contribution in [0, 0.1) is 0 Å². The summed E-state index contributed by atoms with van der Waals surface area (Å²) in [6.45, 7) is 5.80. The Balaban J connectivity index is 1.79. The standard InChI is InChI=1S/C22H30ClN3O4S/c1-16(2)25(3)31(28,29)17-9-10-19(23)18(14-17)22(27)24-15-20(21-8-7-13-30-21)26-11-5-4-6-12-26/h7-10,13-14,16,20H,4-6,11-12,15H2,1-3H3,(H,24,27).